The summed E-state index contributed by atoms with van der Waals surface area (Å²) < 4.78 is 0. The van der Waals surface area contributed by atoms with Gasteiger partial charge in [-0.15, -0.1) is 0 Å². The number of halogens is 1. The third-order valence-corrected chi connectivity index (χ3v) is 4.80. The van der Waals surface area contributed by atoms with Gasteiger partial charge in [0.25, 0.3) is 0 Å². The molecule has 0 unspecified atom stereocenters. The highest BCUT2D eigenvalue weighted by molar-refractivity contribution is 6.30. The summed E-state index contributed by atoms with van der Waals surface area (Å²) in [7, 11) is 0. The number of nitrogens with zero attached hydrogens (tertiary/aromatic N) is 1. The van der Waals surface area contributed by atoms with Gasteiger partial charge in [-0.3, -0.25) is 0 Å². The van der Waals surface area contributed by atoms with Crippen LogP contribution in [0.1, 0.15) is 5.56 Å². The number of hydrogen-bond acceptors (Lipinski definition) is 1. The molecule has 1 nitrogen and oxygen atoms in total. The Bertz CT molecular complexity index is 1020. The van der Waals surface area contributed by atoms with E-state index in [1.165, 1.54) is 16.7 Å². The molecule has 126 valence electrons. The second kappa shape index (κ2) is 7.15. The molecule has 3 aromatic carbocycles. The summed E-state index contributed by atoms with van der Waals surface area (Å²) in [6.07, 6.45) is 0. The van der Waals surface area contributed by atoms with Crippen molar-refractivity contribution in [3.8, 4) is 33.6 Å². The molecule has 4 aromatic rings. The van der Waals surface area contributed by atoms with Crippen molar-refractivity contribution in [1.82, 2.24) is 4.98 Å². The average Bonchev–Trinajstić information content (AvgIpc) is 2.70. The molecule has 0 radical (unpaired) electrons. The van der Waals surface area contributed by atoms with Crippen molar-refractivity contribution in [2.24, 2.45) is 0 Å². The number of aromatic nitrogens is 1. The van der Waals surface area contributed by atoms with Gasteiger partial charge in [-0.2, -0.15) is 0 Å². The monoisotopic (exact) mass is 355 g/mol. The quantitative estimate of drug-likeness (QED) is 0.384. The highest BCUT2D eigenvalue weighted by Gasteiger charge is 2.13. The van der Waals surface area contributed by atoms with Crippen molar-refractivity contribution in [1.29, 1.82) is 0 Å². The molecule has 1 aromatic heterocycles. The van der Waals surface area contributed by atoms with Gasteiger partial charge >= 0.3 is 0 Å². The molecule has 0 fully saturated rings. The molecule has 0 aliphatic heterocycles. The fourth-order valence-electron chi connectivity index (χ4n) is 3.17. The smallest absolute Gasteiger partial charge is 0.0744 e. The maximum absolute atomic E-state index is 6.07. The normalized spacial score (nSPS) is 10.7. The number of hydrogen-bond donors (Lipinski definition) is 0. The van der Waals surface area contributed by atoms with E-state index in [-0.39, 0.29) is 0 Å². The number of benzene rings is 3. The Balaban J connectivity index is 1.97. The number of rotatable bonds is 3. The largest absolute Gasteiger partial charge is 0.247 e. The Kier molecular flexibility index (Phi) is 4.55. The molecule has 2 heteroatoms. The summed E-state index contributed by atoms with van der Waals surface area (Å²) >= 11 is 6.07. The zero-order valence-electron chi connectivity index (χ0n) is 14.5. The number of pyridine rings is 1. The summed E-state index contributed by atoms with van der Waals surface area (Å²) in [6.45, 7) is 2.13. The molecule has 0 amide bonds. The van der Waals surface area contributed by atoms with Crippen LogP contribution in [-0.4, -0.2) is 4.98 Å². The van der Waals surface area contributed by atoms with Crippen LogP contribution in [0.25, 0.3) is 33.6 Å². The topological polar surface area (TPSA) is 12.9 Å². The highest BCUT2D eigenvalue weighted by atomic mass is 35.5. The van der Waals surface area contributed by atoms with E-state index in [1.807, 2.05) is 48.5 Å². The van der Waals surface area contributed by atoms with E-state index in [0.29, 0.717) is 0 Å². The van der Waals surface area contributed by atoms with Crippen molar-refractivity contribution in [2.75, 3.05) is 0 Å². The Labute approximate surface area is 158 Å². The molecule has 0 bridgehead atoms. The second-order valence-corrected chi connectivity index (χ2v) is 6.70. The molecular formula is C24H18ClN. The molecular weight excluding hydrogens is 338 g/mol. The molecule has 0 saturated heterocycles. The van der Waals surface area contributed by atoms with Gasteiger partial charge in [-0.05, 0) is 41.8 Å². The maximum Gasteiger partial charge on any atom is 0.0744 e. The van der Waals surface area contributed by atoms with E-state index in [0.717, 1.165) is 27.5 Å². The van der Waals surface area contributed by atoms with E-state index in [1.54, 1.807) is 0 Å². The fourth-order valence-corrected chi connectivity index (χ4v) is 3.30. The maximum atomic E-state index is 6.07. The summed E-state index contributed by atoms with van der Waals surface area (Å²) in [5.41, 5.74) is 7.70. The molecule has 0 N–H and O–H groups in total. The van der Waals surface area contributed by atoms with Crippen LogP contribution in [0, 0.1) is 6.92 Å². The van der Waals surface area contributed by atoms with Gasteiger partial charge in [0.15, 0.2) is 0 Å². The van der Waals surface area contributed by atoms with E-state index >= 15 is 0 Å². The molecule has 4 rings (SSSR count). The molecule has 26 heavy (non-hydrogen) atoms. The zero-order valence-corrected chi connectivity index (χ0v) is 15.2. The first-order chi connectivity index (χ1) is 12.7. The van der Waals surface area contributed by atoms with Crippen molar-refractivity contribution < 1.29 is 0 Å². The summed E-state index contributed by atoms with van der Waals surface area (Å²) in [5.74, 6) is 0. The molecule has 0 atom stereocenters. The lowest BCUT2D eigenvalue weighted by Crippen LogP contribution is -1.96. The Morgan fingerprint density at radius 1 is 0.654 bits per heavy atom. The molecule has 1 heterocycles. The van der Waals surface area contributed by atoms with Gasteiger partial charge in [0.2, 0.25) is 0 Å². The van der Waals surface area contributed by atoms with Crippen LogP contribution in [0.15, 0.2) is 91.0 Å². The van der Waals surface area contributed by atoms with E-state index < -0.39 is 0 Å². The third-order valence-electron chi connectivity index (χ3n) is 4.54. The SMILES string of the molecule is Cc1c(-c2ccccc2)cc(-c2ccccc2)nc1-c1ccc(Cl)cc1. The van der Waals surface area contributed by atoms with Gasteiger partial charge in [0, 0.05) is 16.1 Å². The average molecular weight is 356 g/mol. The minimum atomic E-state index is 0.730. The second-order valence-electron chi connectivity index (χ2n) is 6.27. The van der Waals surface area contributed by atoms with Crippen molar-refractivity contribution >= 4 is 11.6 Å². The first kappa shape index (κ1) is 16.6. The van der Waals surface area contributed by atoms with Crippen LogP contribution in [0.3, 0.4) is 0 Å². The first-order valence-corrected chi connectivity index (χ1v) is 8.98. The van der Waals surface area contributed by atoms with E-state index in [4.69, 9.17) is 16.6 Å². The lowest BCUT2D eigenvalue weighted by atomic mass is 9.95. The third kappa shape index (κ3) is 3.26. The van der Waals surface area contributed by atoms with Crippen LogP contribution >= 0.6 is 11.6 Å². The van der Waals surface area contributed by atoms with Crippen molar-refractivity contribution in [2.45, 2.75) is 6.92 Å². The van der Waals surface area contributed by atoms with Crippen LogP contribution in [0.5, 0.6) is 0 Å². The molecule has 0 aliphatic rings. The van der Waals surface area contributed by atoms with E-state index in [2.05, 4.69) is 49.4 Å². The predicted octanol–water partition coefficient (Wildman–Crippen LogP) is 7.04. The Hall–Kier alpha value is -2.90. The van der Waals surface area contributed by atoms with Gasteiger partial charge < -0.3 is 0 Å². The lowest BCUT2D eigenvalue weighted by Gasteiger charge is -2.15. The first-order valence-electron chi connectivity index (χ1n) is 8.61. The molecule has 0 saturated carbocycles. The van der Waals surface area contributed by atoms with Gasteiger partial charge in [0.1, 0.15) is 0 Å². The van der Waals surface area contributed by atoms with Crippen molar-refractivity contribution in [3.05, 3.63) is 102 Å². The van der Waals surface area contributed by atoms with Crippen LogP contribution < -0.4 is 0 Å². The van der Waals surface area contributed by atoms with Crippen LogP contribution in [0.2, 0.25) is 5.02 Å². The Morgan fingerprint density at radius 3 is 1.85 bits per heavy atom. The van der Waals surface area contributed by atoms with Gasteiger partial charge in [0.05, 0.1) is 11.4 Å². The van der Waals surface area contributed by atoms with Crippen LogP contribution in [0.4, 0.5) is 0 Å². The summed E-state index contributed by atoms with van der Waals surface area (Å²) in [4.78, 5) is 4.99. The van der Waals surface area contributed by atoms with Crippen LogP contribution in [-0.2, 0) is 0 Å². The highest BCUT2D eigenvalue weighted by Crippen LogP contribution is 2.34. The minimum absolute atomic E-state index is 0.730. The van der Waals surface area contributed by atoms with Gasteiger partial charge in [-0.1, -0.05) is 84.4 Å². The van der Waals surface area contributed by atoms with E-state index in [9.17, 15) is 0 Å². The van der Waals surface area contributed by atoms with Crippen molar-refractivity contribution in [3.63, 3.8) is 0 Å². The standard InChI is InChI=1S/C24H18ClN/c1-17-22(18-8-4-2-5-9-18)16-23(19-10-6-3-7-11-19)26-24(17)20-12-14-21(25)15-13-20/h2-16H,1H3. The van der Waals surface area contributed by atoms with Gasteiger partial charge in [-0.25, -0.2) is 4.98 Å². The summed E-state index contributed by atoms with van der Waals surface area (Å²) in [5, 5.41) is 0.730. The Morgan fingerprint density at radius 2 is 1.23 bits per heavy atom. The minimum Gasteiger partial charge on any atom is -0.247 e. The molecule has 0 aliphatic carbocycles. The lowest BCUT2D eigenvalue weighted by molar-refractivity contribution is 1.27. The molecule has 0 spiro atoms. The predicted molar refractivity (Wildman–Crippen MR) is 110 cm³/mol. The fraction of sp³-hybridized carbons (Fsp3) is 0.0417. The summed E-state index contributed by atoms with van der Waals surface area (Å²) in [6, 6.07) is 30.8. The zero-order chi connectivity index (χ0) is 17.9.